The molecule has 1 saturated heterocycles. The summed E-state index contributed by atoms with van der Waals surface area (Å²) < 4.78 is 18.8. The topological polar surface area (TPSA) is 32.8 Å². The molecule has 3 unspecified atom stereocenters. The first-order valence-electron chi connectivity index (χ1n) is 8.67. The van der Waals surface area contributed by atoms with E-state index in [9.17, 15) is 9.18 Å². The molecule has 3 atom stereocenters. The van der Waals surface area contributed by atoms with Crippen molar-refractivity contribution in [3.8, 4) is 0 Å². The van der Waals surface area contributed by atoms with Crippen LogP contribution >= 0.6 is 0 Å². The molecule has 1 heterocycles. The minimum absolute atomic E-state index is 0.107. The zero-order valence-electron chi connectivity index (χ0n) is 15.3. The summed E-state index contributed by atoms with van der Waals surface area (Å²) in [5.74, 6) is 0.0605. The molecule has 1 aliphatic heterocycles. The Morgan fingerprint density at radius 1 is 1.25 bits per heavy atom. The molecule has 0 saturated carbocycles. The summed E-state index contributed by atoms with van der Waals surface area (Å²) in [5.41, 5.74) is 0.929. The molecule has 4 nitrogen and oxygen atoms in total. The number of ether oxygens (including phenoxy) is 1. The van der Waals surface area contributed by atoms with Gasteiger partial charge in [-0.1, -0.05) is 26.0 Å². The lowest BCUT2D eigenvalue weighted by Gasteiger charge is -2.42. The third-order valence-corrected chi connectivity index (χ3v) is 4.43. The standard InChI is InChI=1S/C19H29FN2O2/c1-13(2)18(22-10-14(3)24-15(4)11-22)19(23)21(5)12-16-6-8-17(20)9-7-16/h6-9,13-15,18H,10-12H2,1-5H3. The Labute approximate surface area is 144 Å². The highest BCUT2D eigenvalue weighted by molar-refractivity contribution is 5.82. The van der Waals surface area contributed by atoms with Crippen LogP contribution in [0.15, 0.2) is 24.3 Å². The minimum Gasteiger partial charge on any atom is -0.373 e. The van der Waals surface area contributed by atoms with Gasteiger partial charge in [0.2, 0.25) is 5.91 Å². The van der Waals surface area contributed by atoms with Crippen LogP contribution in [0.3, 0.4) is 0 Å². The molecule has 0 bridgehead atoms. The Kier molecular flexibility index (Phi) is 6.35. The molecule has 1 aromatic carbocycles. The quantitative estimate of drug-likeness (QED) is 0.829. The lowest BCUT2D eigenvalue weighted by atomic mass is 9.99. The van der Waals surface area contributed by atoms with Crippen LogP contribution in [0.4, 0.5) is 4.39 Å². The number of rotatable bonds is 5. The summed E-state index contributed by atoms with van der Waals surface area (Å²) >= 11 is 0. The van der Waals surface area contributed by atoms with Crippen molar-refractivity contribution in [1.82, 2.24) is 9.80 Å². The van der Waals surface area contributed by atoms with E-state index in [0.29, 0.717) is 6.54 Å². The second kappa shape index (κ2) is 8.08. The highest BCUT2D eigenvalue weighted by atomic mass is 19.1. The van der Waals surface area contributed by atoms with Gasteiger partial charge in [-0.15, -0.1) is 0 Å². The van der Waals surface area contributed by atoms with Crippen molar-refractivity contribution >= 4 is 5.91 Å². The van der Waals surface area contributed by atoms with Crippen LogP contribution in [0, 0.1) is 11.7 Å². The van der Waals surface area contributed by atoms with Gasteiger partial charge in [0, 0.05) is 26.7 Å². The molecule has 1 aliphatic rings. The summed E-state index contributed by atoms with van der Waals surface area (Å²) in [6.45, 7) is 10.3. The Bertz CT molecular complexity index is 537. The summed E-state index contributed by atoms with van der Waals surface area (Å²) in [6, 6.07) is 6.15. The zero-order chi connectivity index (χ0) is 17.9. The summed E-state index contributed by atoms with van der Waals surface area (Å²) in [7, 11) is 1.81. The van der Waals surface area contributed by atoms with Gasteiger partial charge in [-0.3, -0.25) is 9.69 Å². The number of halogens is 1. The minimum atomic E-state index is -0.260. The van der Waals surface area contributed by atoms with Crippen LogP contribution in [-0.2, 0) is 16.1 Å². The highest BCUT2D eigenvalue weighted by Gasteiger charge is 2.35. The summed E-state index contributed by atoms with van der Waals surface area (Å²) in [4.78, 5) is 17.0. The molecule has 1 fully saturated rings. The maximum absolute atomic E-state index is 13.0. The second-order valence-electron chi connectivity index (χ2n) is 7.22. The largest absolute Gasteiger partial charge is 0.373 e. The van der Waals surface area contributed by atoms with E-state index in [0.717, 1.165) is 18.7 Å². The number of amides is 1. The summed E-state index contributed by atoms with van der Waals surface area (Å²) in [6.07, 6.45) is 0.260. The van der Waals surface area contributed by atoms with E-state index >= 15 is 0 Å². The van der Waals surface area contributed by atoms with E-state index in [2.05, 4.69) is 18.7 Å². The average molecular weight is 336 g/mol. The molecule has 24 heavy (non-hydrogen) atoms. The SMILES string of the molecule is CC1CN(C(C(=O)N(C)Cc2ccc(F)cc2)C(C)C)CC(C)O1. The lowest BCUT2D eigenvalue weighted by molar-refractivity contribution is -0.144. The van der Waals surface area contributed by atoms with E-state index < -0.39 is 0 Å². The second-order valence-corrected chi connectivity index (χ2v) is 7.22. The predicted molar refractivity (Wildman–Crippen MR) is 93.1 cm³/mol. The van der Waals surface area contributed by atoms with Gasteiger partial charge in [0.05, 0.1) is 18.2 Å². The fourth-order valence-corrected chi connectivity index (χ4v) is 3.48. The van der Waals surface area contributed by atoms with Gasteiger partial charge in [-0.05, 0) is 37.5 Å². The van der Waals surface area contributed by atoms with E-state index in [4.69, 9.17) is 4.74 Å². The van der Waals surface area contributed by atoms with Gasteiger partial charge in [-0.25, -0.2) is 4.39 Å². The number of carbonyl (C=O) groups excluding carboxylic acids is 1. The van der Waals surface area contributed by atoms with Crippen LogP contribution in [0.25, 0.3) is 0 Å². The lowest BCUT2D eigenvalue weighted by Crippen LogP contribution is -2.57. The van der Waals surface area contributed by atoms with Gasteiger partial charge < -0.3 is 9.64 Å². The van der Waals surface area contributed by atoms with E-state index in [1.807, 2.05) is 20.9 Å². The molecule has 1 aromatic rings. The van der Waals surface area contributed by atoms with Gasteiger partial charge in [-0.2, -0.15) is 0 Å². The normalized spacial score (nSPS) is 23.3. The molecule has 134 valence electrons. The zero-order valence-corrected chi connectivity index (χ0v) is 15.3. The predicted octanol–water partition coefficient (Wildman–Crippen LogP) is 2.92. The highest BCUT2D eigenvalue weighted by Crippen LogP contribution is 2.20. The van der Waals surface area contributed by atoms with Crippen molar-refractivity contribution < 1.29 is 13.9 Å². The first-order chi connectivity index (χ1) is 11.3. The van der Waals surface area contributed by atoms with Crippen molar-refractivity contribution in [3.63, 3.8) is 0 Å². The first kappa shape index (κ1) is 18.9. The van der Waals surface area contributed by atoms with Crippen LogP contribution in [0.2, 0.25) is 0 Å². The molecular formula is C19H29FN2O2. The number of morpholine rings is 1. The Balaban J connectivity index is 2.08. The molecule has 5 heteroatoms. The van der Waals surface area contributed by atoms with Crippen LogP contribution in [0.1, 0.15) is 33.3 Å². The third kappa shape index (κ3) is 4.77. The molecule has 1 amide bonds. The van der Waals surface area contributed by atoms with E-state index in [1.54, 1.807) is 17.0 Å². The molecular weight excluding hydrogens is 307 g/mol. The number of carbonyl (C=O) groups is 1. The molecule has 0 aliphatic carbocycles. The number of nitrogens with zero attached hydrogens (tertiary/aromatic N) is 2. The van der Waals surface area contributed by atoms with Gasteiger partial charge in [0.15, 0.2) is 0 Å². The molecule has 0 N–H and O–H groups in total. The number of hydrogen-bond acceptors (Lipinski definition) is 3. The average Bonchev–Trinajstić information content (AvgIpc) is 2.48. The molecule has 2 rings (SSSR count). The first-order valence-corrected chi connectivity index (χ1v) is 8.67. The Morgan fingerprint density at radius 3 is 2.29 bits per heavy atom. The number of benzene rings is 1. The monoisotopic (exact) mass is 336 g/mol. The number of hydrogen-bond donors (Lipinski definition) is 0. The summed E-state index contributed by atoms with van der Waals surface area (Å²) in [5, 5.41) is 0. The van der Waals surface area contributed by atoms with Crippen molar-refractivity contribution in [2.45, 2.75) is 52.5 Å². The number of likely N-dealkylation sites (N-methyl/N-ethyl adjacent to an activating group) is 1. The van der Waals surface area contributed by atoms with E-state index in [-0.39, 0.29) is 35.9 Å². The van der Waals surface area contributed by atoms with Crippen molar-refractivity contribution in [1.29, 1.82) is 0 Å². The van der Waals surface area contributed by atoms with Crippen molar-refractivity contribution in [2.75, 3.05) is 20.1 Å². The van der Waals surface area contributed by atoms with Gasteiger partial charge >= 0.3 is 0 Å². The van der Waals surface area contributed by atoms with Crippen molar-refractivity contribution in [3.05, 3.63) is 35.6 Å². The van der Waals surface area contributed by atoms with Crippen LogP contribution in [0.5, 0.6) is 0 Å². The van der Waals surface area contributed by atoms with Gasteiger partial charge in [0.25, 0.3) is 0 Å². The maximum atomic E-state index is 13.0. The molecule has 0 radical (unpaired) electrons. The third-order valence-electron chi connectivity index (χ3n) is 4.43. The Morgan fingerprint density at radius 2 is 1.79 bits per heavy atom. The van der Waals surface area contributed by atoms with Crippen molar-refractivity contribution in [2.24, 2.45) is 5.92 Å². The smallest absolute Gasteiger partial charge is 0.240 e. The fraction of sp³-hybridized carbons (Fsp3) is 0.632. The maximum Gasteiger partial charge on any atom is 0.240 e. The van der Waals surface area contributed by atoms with Crippen LogP contribution < -0.4 is 0 Å². The fourth-order valence-electron chi connectivity index (χ4n) is 3.48. The van der Waals surface area contributed by atoms with E-state index in [1.165, 1.54) is 12.1 Å². The molecule has 0 spiro atoms. The van der Waals surface area contributed by atoms with Gasteiger partial charge in [0.1, 0.15) is 5.82 Å². The van der Waals surface area contributed by atoms with Crippen LogP contribution in [-0.4, -0.2) is 54.1 Å². The molecule has 0 aromatic heterocycles. The Hall–Kier alpha value is -1.46.